The predicted molar refractivity (Wildman–Crippen MR) is 100 cm³/mol. The highest BCUT2D eigenvalue weighted by atomic mass is 79.9. The van der Waals surface area contributed by atoms with E-state index in [2.05, 4.69) is 26.6 Å². The third kappa shape index (κ3) is 4.93. The second kappa shape index (κ2) is 7.18. The lowest BCUT2D eigenvalue weighted by molar-refractivity contribution is 0.0919. The maximum atomic E-state index is 12.4. The first-order valence-electron chi connectivity index (χ1n) is 7.66. The third-order valence-corrected chi connectivity index (χ3v) is 4.16. The average Bonchev–Trinajstić information content (AvgIpc) is 2.49. The molecule has 0 atom stereocenters. The van der Waals surface area contributed by atoms with E-state index < -0.39 is 0 Å². The summed E-state index contributed by atoms with van der Waals surface area (Å²) in [6, 6.07) is 12.3. The number of carbonyl (C=O) groups excluding carboxylic acids is 2. The highest BCUT2D eigenvalue weighted by Gasteiger charge is 2.16. The van der Waals surface area contributed by atoms with Gasteiger partial charge in [-0.25, -0.2) is 0 Å². The molecule has 5 heteroatoms. The summed E-state index contributed by atoms with van der Waals surface area (Å²) in [6.07, 6.45) is 0. The number of nitrogens with one attached hydrogen (secondary N) is 2. The molecule has 0 heterocycles. The van der Waals surface area contributed by atoms with Crippen LogP contribution in [0.5, 0.6) is 0 Å². The lowest BCUT2D eigenvalue weighted by Gasteiger charge is -2.20. The maximum Gasteiger partial charge on any atom is 0.255 e. The van der Waals surface area contributed by atoms with Gasteiger partial charge < -0.3 is 10.6 Å². The zero-order chi connectivity index (χ0) is 17.9. The van der Waals surface area contributed by atoms with Crippen molar-refractivity contribution in [1.82, 2.24) is 5.32 Å². The molecule has 0 bridgehead atoms. The van der Waals surface area contributed by atoms with Crippen molar-refractivity contribution < 1.29 is 9.59 Å². The molecule has 0 saturated carbocycles. The number of hydrogen-bond acceptors (Lipinski definition) is 2. The molecule has 0 radical (unpaired) electrons. The minimum atomic E-state index is -0.330. The molecule has 2 aromatic carbocycles. The molecule has 2 aromatic rings. The fourth-order valence-corrected chi connectivity index (χ4v) is 2.47. The van der Waals surface area contributed by atoms with Gasteiger partial charge in [0.1, 0.15) is 0 Å². The Morgan fingerprint density at radius 1 is 0.958 bits per heavy atom. The molecule has 0 spiro atoms. The van der Waals surface area contributed by atoms with Gasteiger partial charge in [0.25, 0.3) is 11.8 Å². The van der Waals surface area contributed by atoms with Crippen molar-refractivity contribution in [3.05, 3.63) is 63.6 Å². The average molecular weight is 389 g/mol. The second-order valence-corrected chi connectivity index (χ2v) is 7.56. The molecular formula is C19H21BrN2O2. The molecule has 2 amide bonds. The normalized spacial score (nSPS) is 11.0. The van der Waals surface area contributed by atoms with Gasteiger partial charge in [-0.2, -0.15) is 0 Å². The van der Waals surface area contributed by atoms with Gasteiger partial charge in [0.15, 0.2) is 0 Å². The predicted octanol–water partition coefficient (Wildman–Crippen LogP) is 4.54. The SMILES string of the molecule is Cc1ccc(NC(=O)c2cccc(C(=O)NC(C)(C)C)c2)cc1Br. The van der Waals surface area contributed by atoms with E-state index in [4.69, 9.17) is 0 Å². The van der Waals surface area contributed by atoms with Crippen molar-refractivity contribution in [3.63, 3.8) is 0 Å². The number of rotatable bonds is 3. The van der Waals surface area contributed by atoms with E-state index in [-0.39, 0.29) is 17.4 Å². The van der Waals surface area contributed by atoms with Crippen LogP contribution in [-0.2, 0) is 0 Å². The monoisotopic (exact) mass is 388 g/mol. The molecule has 0 aromatic heterocycles. The van der Waals surface area contributed by atoms with Gasteiger partial charge in [-0.1, -0.05) is 28.1 Å². The van der Waals surface area contributed by atoms with Crippen molar-refractivity contribution in [3.8, 4) is 0 Å². The number of hydrogen-bond donors (Lipinski definition) is 2. The first-order chi connectivity index (χ1) is 11.2. The lowest BCUT2D eigenvalue weighted by atomic mass is 10.1. The lowest BCUT2D eigenvalue weighted by Crippen LogP contribution is -2.40. The minimum Gasteiger partial charge on any atom is -0.347 e. The van der Waals surface area contributed by atoms with Crippen LogP contribution in [0.4, 0.5) is 5.69 Å². The van der Waals surface area contributed by atoms with Gasteiger partial charge in [-0.15, -0.1) is 0 Å². The van der Waals surface area contributed by atoms with E-state index in [1.165, 1.54) is 0 Å². The summed E-state index contributed by atoms with van der Waals surface area (Å²) >= 11 is 3.45. The van der Waals surface area contributed by atoms with Crippen molar-refractivity contribution in [2.75, 3.05) is 5.32 Å². The smallest absolute Gasteiger partial charge is 0.255 e. The molecule has 0 fully saturated rings. The summed E-state index contributed by atoms with van der Waals surface area (Å²) in [6.45, 7) is 7.72. The number of halogens is 1. The van der Waals surface area contributed by atoms with Gasteiger partial charge in [-0.3, -0.25) is 9.59 Å². The van der Waals surface area contributed by atoms with E-state index in [0.717, 1.165) is 10.0 Å². The van der Waals surface area contributed by atoms with Crippen LogP contribution in [0.1, 0.15) is 47.1 Å². The van der Waals surface area contributed by atoms with E-state index in [1.54, 1.807) is 24.3 Å². The van der Waals surface area contributed by atoms with Crippen molar-refractivity contribution in [1.29, 1.82) is 0 Å². The van der Waals surface area contributed by atoms with Crippen LogP contribution in [0.2, 0.25) is 0 Å². The number of aryl methyl sites for hydroxylation is 1. The largest absolute Gasteiger partial charge is 0.347 e. The van der Waals surface area contributed by atoms with Gasteiger partial charge >= 0.3 is 0 Å². The topological polar surface area (TPSA) is 58.2 Å². The fraction of sp³-hybridized carbons (Fsp3) is 0.263. The molecule has 4 nitrogen and oxygen atoms in total. The highest BCUT2D eigenvalue weighted by Crippen LogP contribution is 2.21. The molecule has 24 heavy (non-hydrogen) atoms. The summed E-state index contributed by atoms with van der Waals surface area (Å²) in [5.41, 5.74) is 2.36. The molecule has 0 saturated heterocycles. The highest BCUT2D eigenvalue weighted by molar-refractivity contribution is 9.10. The standard InChI is InChI=1S/C19H21BrN2O2/c1-12-8-9-15(11-16(12)20)21-17(23)13-6-5-7-14(10-13)18(24)22-19(2,3)4/h5-11H,1-4H3,(H,21,23)(H,22,24). The molecule has 2 N–H and O–H groups in total. The number of amides is 2. The number of carbonyl (C=O) groups is 2. The van der Waals surface area contributed by atoms with E-state index in [0.29, 0.717) is 16.8 Å². The molecule has 126 valence electrons. The molecule has 0 aliphatic carbocycles. The maximum absolute atomic E-state index is 12.4. The van der Waals surface area contributed by atoms with Gasteiger partial charge in [0, 0.05) is 26.8 Å². The Labute approximate surface area is 150 Å². The van der Waals surface area contributed by atoms with Crippen LogP contribution < -0.4 is 10.6 Å². The van der Waals surface area contributed by atoms with Crippen LogP contribution >= 0.6 is 15.9 Å². The van der Waals surface area contributed by atoms with Crippen LogP contribution in [0, 0.1) is 6.92 Å². The Morgan fingerprint density at radius 2 is 1.58 bits per heavy atom. The third-order valence-electron chi connectivity index (χ3n) is 3.31. The summed E-state index contributed by atoms with van der Waals surface area (Å²) in [5, 5.41) is 5.73. The van der Waals surface area contributed by atoms with Crippen molar-refractivity contribution in [2.45, 2.75) is 33.2 Å². The van der Waals surface area contributed by atoms with Crippen molar-refractivity contribution in [2.24, 2.45) is 0 Å². The van der Waals surface area contributed by atoms with Crippen molar-refractivity contribution >= 4 is 33.4 Å². The van der Waals surface area contributed by atoms with Gasteiger partial charge in [-0.05, 0) is 63.6 Å². The summed E-state index contributed by atoms with van der Waals surface area (Å²) in [7, 11) is 0. The summed E-state index contributed by atoms with van der Waals surface area (Å²) in [4.78, 5) is 24.6. The van der Waals surface area contributed by atoms with E-state index in [9.17, 15) is 9.59 Å². The van der Waals surface area contributed by atoms with Crippen LogP contribution in [0.25, 0.3) is 0 Å². The van der Waals surface area contributed by atoms with Crippen LogP contribution in [0.3, 0.4) is 0 Å². The Bertz CT molecular complexity index is 779. The van der Waals surface area contributed by atoms with Gasteiger partial charge in [0.05, 0.1) is 0 Å². The van der Waals surface area contributed by atoms with Crippen LogP contribution in [-0.4, -0.2) is 17.4 Å². The van der Waals surface area contributed by atoms with Gasteiger partial charge in [0.2, 0.25) is 0 Å². The Morgan fingerprint density at radius 3 is 2.17 bits per heavy atom. The second-order valence-electron chi connectivity index (χ2n) is 6.70. The Kier molecular flexibility index (Phi) is 5.44. The molecule has 0 aliphatic heterocycles. The van der Waals surface area contributed by atoms with E-state index in [1.807, 2.05) is 45.9 Å². The van der Waals surface area contributed by atoms with Crippen LogP contribution in [0.15, 0.2) is 46.9 Å². The quantitative estimate of drug-likeness (QED) is 0.810. The zero-order valence-corrected chi connectivity index (χ0v) is 15.8. The summed E-state index contributed by atoms with van der Waals surface area (Å²) < 4.78 is 0.929. The fourth-order valence-electron chi connectivity index (χ4n) is 2.09. The summed E-state index contributed by atoms with van der Waals surface area (Å²) in [5.74, 6) is -0.452. The zero-order valence-electron chi connectivity index (χ0n) is 14.2. The first kappa shape index (κ1) is 18.2. The van der Waals surface area contributed by atoms with E-state index >= 15 is 0 Å². The molecular weight excluding hydrogens is 368 g/mol. The Hall–Kier alpha value is -2.14. The number of anilines is 1. The first-order valence-corrected chi connectivity index (χ1v) is 8.45. The molecule has 2 rings (SSSR count). The Balaban J connectivity index is 2.16. The minimum absolute atomic E-state index is 0.199. The molecule has 0 aliphatic rings. The molecule has 0 unspecified atom stereocenters. The number of benzene rings is 2.